The van der Waals surface area contributed by atoms with Gasteiger partial charge in [-0.15, -0.1) is 0 Å². The Morgan fingerprint density at radius 1 is 1.21 bits per heavy atom. The van der Waals surface area contributed by atoms with E-state index in [4.69, 9.17) is 0 Å². The van der Waals surface area contributed by atoms with Crippen LogP contribution in [0.2, 0.25) is 0 Å². The lowest BCUT2D eigenvalue weighted by Gasteiger charge is -2.23. The third-order valence-electron chi connectivity index (χ3n) is 6.28. The molecule has 1 aromatic heterocycles. The largest absolute Gasteiger partial charge is 0.339 e. The summed E-state index contributed by atoms with van der Waals surface area (Å²) in [5.74, 6) is 0.389. The van der Waals surface area contributed by atoms with Crippen LogP contribution in [0.25, 0.3) is 22.0 Å². The average molecular weight is 385 g/mol. The lowest BCUT2D eigenvalue weighted by Crippen LogP contribution is -2.50. The Balaban J connectivity index is 1.24. The summed E-state index contributed by atoms with van der Waals surface area (Å²) in [5, 5.41) is 24.0. The van der Waals surface area contributed by atoms with Crippen molar-refractivity contribution < 1.29 is 4.79 Å². The van der Waals surface area contributed by atoms with Crippen LogP contribution >= 0.6 is 0 Å². The number of aromatic amines is 1. The molecule has 6 nitrogen and oxygen atoms in total. The van der Waals surface area contributed by atoms with Crippen molar-refractivity contribution in [2.45, 2.75) is 43.8 Å². The van der Waals surface area contributed by atoms with Crippen LogP contribution in [0.1, 0.15) is 24.8 Å². The van der Waals surface area contributed by atoms with Crippen LogP contribution in [0.15, 0.2) is 48.7 Å². The standard InChI is InChI=1S/C23H23N5O/c24-12-20(27-23(29)22-17-5-7-19(11-17)26-22)9-14-1-3-15(4-2-14)16-6-8-21-18(10-16)13-25-28-21/h1-4,6,8,10,13,17,19-20,22,26H,5,7,9,11H2,(H,25,28)(H,27,29)/t17?,19?,20-,22?/m0/s1. The smallest absolute Gasteiger partial charge is 0.238 e. The molecule has 29 heavy (non-hydrogen) atoms. The molecule has 1 saturated carbocycles. The number of hydrogen-bond acceptors (Lipinski definition) is 4. The highest BCUT2D eigenvalue weighted by atomic mass is 16.2. The lowest BCUT2D eigenvalue weighted by atomic mass is 9.98. The fraction of sp³-hybridized carbons (Fsp3) is 0.348. The second kappa shape index (κ2) is 7.34. The monoisotopic (exact) mass is 385 g/mol. The Labute approximate surface area is 169 Å². The number of aromatic nitrogens is 2. The number of rotatable bonds is 5. The van der Waals surface area contributed by atoms with Gasteiger partial charge in [0, 0.05) is 17.8 Å². The van der Waals surface area contributed by atoms with Crippen molar-refractivity contribution in [3.8, 4) is 17.2 Å². The average Bonchev–Trinajstić information content (AvgIpc) is 3.50. The molecule has 2 aromatic carbocycles. The van der Waals surface area contributed by atoms with Gasteiger partial charge >= 0.3 is 0 Å². The van der Waals surface area contributed by atoms with Gasteiger partial charge in [-0.2, -0.15) is 10.4 Å². The van der Waals surface area contributed by atoms with Crippen LogP contribution in [0.4, 0.5) is 0 Å². The first-order valence-electron chi connectivity index (χ1n) is 10.2. The molecule has 2 heterocycles. The number of piperidine rings is 1. The number of nitrogens with one attached hydrogen (secondary N) is 3. The number of benzene rings is 2. The van der Waals surface area contributed by atoms with Gasteiger partial charge in [0.05, 0.1) is 23.8 Å². The molecule has 3 unspecified atom stereocenters. The highest BCUT2D eigenvalue weighted by molar-refractivity contribution is 5.84. The van der Waals surface area contributed by atoms with Gasteiger partial charge in [-0.3, -0.25) is 9.89 Å². The zero-order valence-corrected chi connectivity index (χ0v) is 16.1. The Morgan fingerprint density at radius 3 is 2.76 bits per heavy atom. The normalized spacial score (nSPS) is 23.8. The van der Waals surface area contributed by atoms with E-state index in [9.17, 15) is 10.1 Å². The Hall–Kier alpha value is -3.17. The fourth-order valence-corrected chi connectivity index (χ4v) is 4.73. The van der Waals surface area contributed by atoms with Crippen molar-refractivity contribution in [3.05, 3.63) is 54.2 Å². The van der Waals surface area contributed by atoms with Crippen molar-refractivity contribution in [1.29, 1.82) is 5.26 Å². The number of carbonyl (C=O) groups excluding carboxylic acids is 1. The molecule has 2 aliphatic rings. The Bertz CT molecular complexity index is 1080. The minimum absolute atomic E-state index is 0.0335. The molecule has 3 N–H and O–H groups in total. The molecule has 2 fully saturated rings. The first kappa shape index (κ1) is 17.9. The minimum atomic E-state index is -0.517. The predicted molar refractivity (Wildman–Crippen MR) is 111 cm³/mol. The predicted octanol–water partition coefficient (Wildman–Crippen LogP) is 2.92. The van der Waals surface area contributed by atoms with Crippen LogP contribution in [-0.2, 0) is 11.2 Å². The second-order valence-electron chi connectivity index (χ2n) is 8.18. The van der Waals surface area contributed by atoms with E-state index in [1.807, 2.05) is 24.4 Å². The van der Waals surface area contributed by atoms with Crippen molar-refractivity contribution in [2.24, 2.45) is 5.92 Å². The van der Waals surface area contributed by atoms with Crippen LogP contribution in [0, 0.1) is 17.2 Å². The first-order valence-corrected chi connectivity index (χ1v) is 10.2. The maximum atomic E-state index is 12.6. The van der Waals surface area contributed by atoms with Gasteiger partial charge in [0.2, 0.25) is 5.91 Å². The third kappa shape index (κ3) is 3.50. The summed E-state index contributed by atoms with van der Waals surface area (Å²) in [6.45, 7) is 0. The number of carbonyl (C=O) groups is 1. The molecule has 0 radical (unpaired) electrons. The SMILES string of the molecule is N#C[C@H](Cc1ccc(-c2ccc3[nH]ncc3c2)cc1)NC(=O)C1NC2CCC1C2. The second-order valence-corrected chi connectivity index (χ2v) is 8.18. The molecule has 0 spiro atoms. The van der Waals surface area contributed by atoms with Gasteiger partial charge in [-0.1, -0.05) is 30.3 Å². The number of nitrogens with zero attached hydrogens (tertiary/aromatic N) is 2. The van der Waals surface area contributed by atoms with Crippen LogP contribution in [-0.4, -0.2) is 34.2 Å². The summed E-state index contributed by atoms with van der Waals surface area (Å²) in [6, 6.07) is 16.4. The summed E-state index contributed by atoms with van der Waals surface area (Å²) in [7, 11) is 0. The van der Waals surface area contributed by atoms with Gasteiger partial charge in [-0.05, 0) is 54.0 Å². The Morgan fingerprint density at radius 2 is 2.03 bits per heavy atom. The van der Waals surface area contributed by atoms with Crippen molar-refractivity contribution in [3.63, 3.8) is 0 Å². The van der Waals surface area contributed by atoms with E-state index in [-0.39, 0.29) is 11.9 Å². The molecular weight excluding hydrogens is 362 g/mol. The first-order chi connectivity index (χ1) is 14.2. The minimum Gasteiger partial charge on any atom is -0.339 e. The quantitative estimate of drug-likeness (QED) is 0.629. The van der Waals surface area contributed by atoms with Crippen molar-refractivity contribution >= 4 is 16.8 Å². The molecule has 6 heteroatoms. The van der Waals surface area contributed by atoms with E-state index in [1.54, 1.807) is 0 Å². The number of fused-ring (bicyclic) bond motifs is 3. The van der Waals surface area contributed by atoms with E-state index in [0.717, 1.165) is 46.9 Å². The molecule has 146 valence electrons. The van der Waals surface area contributed by atoms with E-state index in [0.29, 0.717) is 18.4 Å². The van der Waals surface area contributed by atoms with Gasteiger partial charge in [0.15, 0.2) is 0 Å². The van der Waals surface area contributed by atoms with Crippen molar-refractivity contribution in [1.82, 2.24) is 20.8 Å². The highest BCUT2D eigenvalue weighted by Crippen LogP contribution is 2.35. The molecule has 4 atom stereocenters. The third-order valence-corrected chi connectivity index (χ3v) is 6.28. The van der Waals surface area contributed by atoms with E-state index in [2.05, 4.69) is 51.2 Å². The fourth-order valence-electron chi connectivity index (χ4n) is 4.73. The van der Waals surface area contributed by atoms with Gasteiger partial charge in [0.1, 0.15) is 6.04 Å². The zero-order valence-electron chi connectivity index (χ0n) is 16.1. The molecule has 3 aromatic rings. The van der Waals surface area contributed by atoms with Gasteiger partial charge in [0.25, 0.3) is 0 Å². The molecule has 1 amide bonds. The molecule has 1 aliphatic heterocycles. The summed E-state index contributed by atoms with van der Waals surface area (Å²) >= 11 is 0. The van der Waals surface area contributed by atoms with Crippen molar-refractivity contribution in [2.75, 3.05) is 0 Å². The number of H-pyrrole nitrogens is 1. The summed E-state index contributed by atoms with van der Waals surface area (Å²) in [4.78, 5) is 12.6. The van der Waals surface area contributed by atoms with Crippen LogP contribution in [0.5, 0.6) is 0 Å². The zero-order chi connectivity index (χ0) is 19.8. The van der Waals surface area contributed by atoms with Gasteiger partial charge in [-0.25, -0.2) is 0 Å². The van der Waals surface area contributed by atoms with Crippen LogP contribution < -0.4 is 10.6 Å². The molecular formula is C23H23N5O. The lowest BCUT2D eigenvalue weighted by molar-refractivity contribution is -0.124. The molecule has 1 aliphatic carbocycles. The number of hydrogen-bond donors (Lipinski definition) is 3. The summed E-state index contributed by atoms with van der Waals surface area (Å²) in [5.41, 5.74) is 4.28. The maximum absolute atomic E-state index is 12.6. The maximum Gasteiger partial charge on any atom is 0.238 e. The molecule has 2 bridgehead atoms. The summed E-state index contributed by atoms with van der Waals surface area (Å²) < 4.78 is 0. The Kier molecular flexibility index (Phi) is 4.53. The molecule has 1 saturated heterocycles. The van der Waals surface area contributed by atoms with Gasteiger partial charge < -0.3 is 10.6 Å². The summed E-state index contributed by atoms with van der Waals surface area (Å²) in [6.07, 6.45) is 5.68. The highest BCUT2D eigenvalue weighted by Gasteiger charge is 2.43. The number of nitriles is 1. The molecule has 5 rings (SSSR count). The van der Waals surface area contributed by atoms with E-state index in [1.165, 1.54) is 0 Å². The number of amides is 1. The topological polar surface area (TPSA) is 93.6 Å². The van der Waals surface area contributed by atoms with E-state index >= 15 is 0 Å². The van der Waals surface area contributed by atoms with Crippen LogP contribution in [0.3, 0.4) is 0 Å². The van der Waals surface area contributed by atoms with E-state index < -0.39 is 6.04 Å².